The molecule has 0 aromatic heterocycles. The first kappa shape index (κ1) is 15.3. The number of anilines is 1. The van der Waals surface area contributed by atoms with Crippen molar-refractivity contribution < 1.29 is 4.79 Å². The molecule has 3 nitrogen and oxygen atoms in total. The van der Waals surface area contributed by atoms with E-state index in [0.29, 0.717) is 0 Å². The highest BCUT2D eigenvalue weighted by Crippen LogP contribution is 2.27. The average molecular weight is 306 g/mol. The van der Waals surface area contributed by atoms with E-state index in [0.717, 1.165) is 25.1 Å². The molecule has 1 fully saturated rings. The number of rotatable bonds is 4. The monoisotopic (exact) mass is 306 g/mol. The van der Waals surface area contributed by atoms with Crippen molar-refractivity contribution in [2.75, 3.05) is 11.4 Å². The lowest BCUT2D eigenvalue weighted by atomic mass is 10.1. The third kappa shape index (κ3) is 3.45. The third-order valence-corrected chi connectivity index (χ3v) is 4.42. The summed E-state index contributed by atoms with van der Waals surface area (Å²) in [6, 6.07) is 16.4. The Balaban J connectivity index is 1.81. The first-order chi connectivity index (χ1) is 11.1. The molecular formula is C20H22N2O. The first-order valence-electron chi connectivity index (χ1n) is 8.05. The van der Waals surface area contributed by atoms with Crippen LogP contribution in [0.15, 0.2) is 48.5 Å². The Morgan fingerprint density at radius 3 is 2.65 bits per heavy atom. The van der Waals surface area contributed by atoms with Crippen LogP contribution in [0.3, 0.4) is 0 Å². The summed E-state index contributed by atoms with van der Waals surface area (Å²) in [5.74, 6) is -0.229. The van der Waals surface area contributed by atoms with Gasteiger partial charge in [0.15, 0.2) is 0 Å². The van der Waals surface area contributed by atoms with Gasteiger partial charge < -0.3 is 10.6 Å². The normalized spacial score (nSPS) is 17.8. The fraction of sp³-hybridized carbons (Fsp3) is 0.250. The van der Waals surface area contributed by atoms with Gasteiger partial charge in [0.1, 0.15) is 6.04 Å². The highest BCUT2D eigenvalue weighted by Gasteiger charge is 2.29. The minimum atomic E-state index is -0.229. The Hall–Kier alpha value is -2.55. The molecule has 118 valence electrons. The highest BCUT2D eigenvalue weighted by molar-refractivity contribution is 5.84. The molecule has 23 heavy (non-hydrogen) atoms. The van der Waals surface area contributed by atoms with Gasteiger partial charge in [-0.2, -0.15) is 0 Å². The minimum Gasteiger partial charge on any atom is -0.368 e. The molecule has 2 aromatic carbocycles. The molecule has 1 amide bonds. The summed E-state index contributed by atoms with van der Waals surface area (Å²) >= 11 is 0. The number of amides is 1. The molecule has 2 N–H and O–H groups in total. The topological polar surface area (TPSA) is 46.3 Å². The first-order valence-corrected chi connectivity index (χ1v) is 8.05. The van der Waals surface area contributed by atoms with E-state index >= 15 is 0 Å². The number of hydrogen-bond donors (Lipinski definition) is 1. The van der Waals surface area contributed by atoms with Gasteiger partial charge in [0.05, 0.1) is 0 Å². The molecule has 1 aliphatic rings. The SMILES string of the molecule is Cc1cc(N2CCC[C@@H]2C(N)=O)ccc1/C=C/c1ccccc1. The van der Waals surface area contributed by atoms with Gasteiger partial charge in [0, 0.05) is 12.2 Å². The number of carbonyl (C=O) groups is 1. The molecule has 2 aromatic rings. The molecule has 0 radical (unpaired) electrons. The average Bonchev–Trinajstić information content (AvgIpc) is 3.04. The van der Waals surface area contributed by atoms with Gasteiger partial charge >= 0.3 is 0 Å². The zero-order valence-corrected chi connectivity index (χ0v) is 13.4. The van der Waals surface area contributed by atoms with Crippen LogP contribution < -0.4 is 10.6 Å². The predicted molar refractivity (Wildman–Crippen MR) is 96.1 cm³/mol. The number of nitrogens with zero attached hydrogens (tertiary/aromatic N) is 1. The van der Waals surface area contributed by atoms with Crippen molar-refractivity contribution in [3.05, 3.63) is 65.2 Å². The summed E-state index contributed by atoms with van der Waals surface area (Å²) in [5.41, 5.74) is 10.2. The maximum atomic E-state index is 11.6. The van der Waals surface area contributed by atoms with Crippen molar-refractivity contribution in [3.8, 4) is 0 Å². The molecule has 0 spiro atoms. The second-order valence-corrected chi connectivity index (χ2v) is 6.04. The summed E-state index contributed by atoms with van der Waals surface area (Å²) in [4.78, 5) is 13.7. The maximum absolute atomic E-state index is 11.6. The molecule has 1 heterocycles. The van der Waals surface area contributed by atoms with Crippen molar-refractivity contribution in [3.63, 3.8) is 0 Å². The molecule has 1 atom stereocenters. The zero-order valence-electron chi connectivity index (χ0n) is 13.4. The Morgan fingerprint density at radius 1 is 1.17 bits per heavy atom. The molecule has 1 aliphatic heterocycles. The van der Waals surface area contributed by atoms with Gasteiger partial charge in [0.25, 0.3) is 0 Å². The van der Waals surface area contributed by atoms with Crippen LogP contribution >= 0.6 is 0 Å². The van der Waals surface area contributed by atoms with E-state index in [4.69, 9.17) is 5.73 Å². The Bertz CT molecular complexity index is 722. The lowest BCUT2D eigenvalue weighted by Crippen LogP contribution is -2.40. The van der Waals surface area contributed by atoms with Gasteiger partial charge in [-0.1, -0.05) is 48.6 Å². The standard InChI is InChI=1S/C20H22N2O/c1-15-14-18(22-13-5-8-19(22)20(21)23)12-11-17(15)10-9-16-6-3-2-4-7-16/h2-4,6-7,9-12,14,19H,5,8,13H2,1H3,(H2,21,23)/b10-9+/t19-/m1/s1. The number of nitrogens with two attached hydrogens (primary N) is 1. The van der Waals surface area contributed by atoms with E-state index in [9.17, 15) is 4.79 Å². The van der Waals surface area contributed by atoms with Crippen molar-refractivity contribution in [2.24, 2.45) is 5.73 Å². The molecule has 0 bridgehead atoms. The number of aryl methyl sites for hydroxylation is 1. The summed E-state index contributed by atoms with van der Waals surface area (Å²) in [6.07, 6.45) is 6.11. The summed E-state index contributed by atoms with van der Waals surface area (Å²) in [5, 5.41) is 0. The molecule has 0 saturated carbocycles. The van der Waals surface area contributed by atoms with Gasteiger partial charge in [-0.05, 0) is 48.6 Å². The van der Waals surface area contributed by atoms with Crippen LogP contribution in [0.25, 0.3) is 12.2 Å². The van der Waals surface area contributed by atoms with E-state index in [1.165, 1.54) is 16.7 Å². The largest absolute Gasteiger partial charge is 0.368 e. The lowest BCUT2D eigenvalue weighted by Gasteiger charge is -2.25. The highest BCUT2D eigenvalue weighted by atomic mass is 16.1. The van der Waals surface area contributed by atoms with Crippen molar-refractivity contribution in [2.45, 2.75) is 25.8 Å². The summed E-state index contributed by atoms with van der Waals surface area (Å²) in [6.45, 7) is 3.00. The molecule has 0 unspecified atom stereocenters. The molecule has 3 rings (SSSR count). The number of hydrogen-bond acceptors (Lipinski definition) is 2. The Morgan fingerprint density at radius 2 is 1.96 bits per heavy atom. The van der Waals surface area contributed by atoms with E-state index in [2.05, 4.69) is 54.3 Å². The van der Waals surface area contributed by atoms with Crippen molar-refractivity contribution >= 4 is 23.7 Å². The van der Waals surface area contributed by atoms with Gasteiger partial charge in [-0.15, -0.1) is 0 Å². The number of primary amides is 1. The van der Waals surface area contributed by atoms with Crippen LogP contribution in [-0.4, -0.2) is 18.5 Å². The van der Waals surface area contributed by atoms with Crippen LogP contribution in [0.1, 0.15) is 29.5 Å². The Labute approximate surface area is 137 Å². The van der Waals surface area contributed by atoms with Crippen molar-refractivity contribution in [1.82, 2.24) is 0 Å². The molecule has 0 aliphatic carbocycles. The van der Waals surface area contributed by atoms with Crippen LogP contribution in [0.5, 0.6) is 0 Å². The van der Waals surface area contributed by atoms with Crippen LogP contribution in [0.2, 0.25) is 0 Å². The number of carbonyl (C=O) groups excluding carboxylic acids is 1. The maximum Gasteiger partial charge on any atom is 0.240 e. The van der Waals surface area contributed by atoms with Gasteiger partial charge in [0.2, 0.25) is 5.91 Å². The zero-order chi connectivity index (χ0) is 16.2. The van der Waals surface area contributed by atoms with Crippen LogP contribution in [0.4, 0.5) is 5.69 Å². The predicted octanol–water partition coefficient (Wildman–Crippen LogP) is 3.62. The summed E-state index contributed by atoms with van der Waals surface area (Å²) in [7, 11) is 0. The van der Waals surface area contributed by atoms with Gasteiger partial charge in [-0.25, -0.2) is 0 Å². The van der Waals surface area contributed by atoms with E-state index in [-0.39, 0.29) is 11.9 Å². The summed E-state index contributed by atoms with van der Waals surface area (Å²) < 4.78 is 0. The smallest absolute Gasteiger partial charge is 0.240 e. The number of benzene rings is 2. The minimum absolute atomic E-state index is 0.167. The van der Waals surface area contributed by atoms with Crippen LogP contribution in [-0.2, 0) is 4.79 Å². The van der Waals surface area contributed by atoms with E-state index in [1.807, 2.05) is 18.2 Å². The molecule has 3 heteroatoms. The van der Waals surface area contributed by atoms with Gasteiger partial charge in [-0.3, -0.25) is 4.79 Å². The fourth-order valence-electron chi connectivity index (χ4n) is 3.15. The quantitative estimate of drug-likeness (QED) is 0.877. The lowest BCUT2D eigenvalue weighted by molar-refractivity contribution is -0.119. The Kier molecular flexibility index (Phi) is 4.47. The third-order valence-electron chi connectivity index (χ3n) is 4.42. The van der Waals surface area contributed by atoms with Crippen molar-refractivity contribution in [1.29, 1.82) is 0 Å². The molecule has 1 saturated heterocycles. The van der Waals surface area contributed by atoms with E-state index in [1.54, 1.807) is 0 Å². The van der Waals surface area contributed by atoms with Crippen LogP contribution in [0, 0.1) is 6.92 Å². The molecular weight excluding hydrogens is 284 g/mol. The second kappa shape index (κ2) is 6.69. The second-order valence-electron chi connectivity index (χ2n) is 6.04. The van der Waals surface area contributed by atoms with E-state index < -0.39 is 0 Å². The fourth-order valence-corrected chi connectivity index (χ4v) is 3.15.